The summed E-state index contributed by atoms with van der Waals surface area (Å²) in [4.78, 5) is 11.2. The molecule has 0 heterocycles. The Morgan fingerprint density at radius 2 is 2.26 bits per heavy atom. The van der Waals surface area contributed by atoms with Crippen molar-refractivity contribution < 1.29 is 24.9 Å². The summed E-state index contributed by atoms with van der Waals surface area (Å²) in [6.07, 6.45) is 1.23. The second kappa shape index (κ2) is 6.57. The van der Waals surface area contributed by atoms with Crippen LogP contribution in [0.1, 0.15) is 5.56 Å². The fraction of sp³-hybridized carbons (Fsp3) is 0.273. The normalized spacial score (nSPS) is 12.4. The van der Waals surface area contributed by atoms with Crippen molar-refractivity contribution in [2.75, 3.05) is 13.7 Å². The van der Waals surface area contributed by atoms with Crippen LogP contribution in [0.4, 0.5) is 0 Å². The standard InChI is InChI=1S/C11H15N3O5/c1-19-9-3-6(2-8(16)10(9)17)4-13-14-11(18)7(12)5-15/h2-4,7,15-17H,5,12H2,1H3,(H,14,18)/t7-/m0/s1. The van der Waals surface area contributed by atoms with Crippen molar-refractivity contribution in [1.82, 2.24) is 5.43 Å². The molecule has 8 nitrogen and oxygen atoms in total. The second-order valence-electron chi connectivity index (χ2n) is 3.61. The molecule has 1 rings (SSSR count). The van der Waals surface area contributed by atoms with Crippen LogP contribution in [0.15, 0.2) is 17.2 Å². The molecular formula is C11H15N3O5. The number of benzene rings is 1. The van der Waals surface area contributed by atoms with Gasteiger partial charge in [0.2, 0.25) is 5.75 Å². The number of carbonyl (C=O) groups excluding carboxylic acids is 1. The monoisotopic (exact) mass is 269 g/mol. The maximum atomic E-state index is 11.2. The van der Waals surface area contributed by atoms with E-state index in [9.17, 15) is 15.0 Å². The van der Waals surface area contributed by atoms with E-state index in [-0.39, 0.29) is 17.2 Å². The fourth-order valence-corrected chi connectivity index (χ4v) is 1.18. The molecule has 6 N–H and O–H groups in total. The molecule has 0 saturated carbocycles. The maximum absolute atomic E-state index is 11.2. The third kappa shape index (κ3) is 3.83. The van der Waals surface area contributed by atoms with Gasteiger partial charge in [0, 0.05) is 5.56 Å². The zero-order valence-electron chi connectivity index (χ0n) is 10.2. The SMILES string of the molecule is COc1cc(C=NNC(=O)[C@@H](N)CO)cc(O)c1O. The van der Waals surface area contributed by atoms with Crippen LogP contribution in [-0.4, -0.2) is 47.2 Å². The van der Waals surface area contributed by atoms with Gasteiger partial charge in [0.05, 0.1) is 19.9 Å². The molecule has 1 atom stereocenters. The van der Waals surface area contributed by atoms with Gasteiger partial charge >= 0.3 is 0 Å². The summed E-state index contributed by atoms with van der Waals surface area (Å²) in [5.74, 6) is -1.33. The lowest BCUT2D eigenvalue weighted by Crippen LogP contribution is -2.40. The highest BCUT2D eigenvalue weighted by Gasteiger charge is 2.11. The molecule has 1 aromatic carbocycles. The van der Waals surface area contributed by atoms with Crippen LogP contribution in [0.25, 0.3) is 0 Å². The van der Waals surface area contributed by atoms with E-state index >= 15 is 0 Å². The van der Waals surface area contributed by atoms with E-state index in [1.54, 1.807) is 0 Å². The highest BCUT2D eigenvalue weighted by Crippen LogP contribution is 2.35. The Hall–Kier alpha value is -2.32. The number of amides is 1. The van der Waals surface area contributed by atoms with Crippen LogP contribution < -0.4 is 15.9 Å². The summed E-state index contributed by atoms with van der Waals surface area (Å²) in [5.41, 5.74) is 7.76. The Bertz CT molecular complexity index is 489. The number of rotatable bonds is 5. The molecule has 8 heteroatoms. The van der Waals surface area contributed by atoms with Gasteiger partial charge < -0.3 is 25.8 Å². The van der Waals surface area contributed by atoms with E-state index < -0.39 is 18.6 Å². The second-order valence-corrected chi connectivity index (χ2v) is 3.61. The fourth-order valence-electron chi connectivity index (χ4n) is 1.18. The van der Waals surface area contributed by atoms with E-state index in [1.807, 2.05) is 0 Å². The Labute approximate surface area is 109 Å². The Kier molecular flexibility index (Phi) is 5.10. The van der Waals surface area contributed by atoms with Crippen molar-refractivity contribution in [3.63, 3.8) is 0 Å². The number of methoxy groups -OCH3 is 1. The first kappa shape index (κ1) is 14.7. The molecule has 1 amide bonds. The molecule has 19 heavy (non-hydrogen) atoms. The van der Waals surface area contributed by atoms with Gasteiger partial charge in [0.25, 0.3) is 5.91 Å². The number of aliphatic hydroxyl groups excluding tert-OH is 1. The number of phenolic OH excluding ortho intramolecular Hbond substituents is 2. The zero-order chi connectivity index (χ0) is 14.4. The van der Waals surface area contributed by atoms with Crippen molar-refractivity contribution in [3.8, 4) is 17.2 Å². The molecule has 0 aliphatic carbocycles. The minimum Gasteiger partial charge on any atom is -0.504 e. The summed E-state index contributed by atoms with van der Waals surface area (Å²) < 4.78 is 4.84. The van der Waals surface area contributed by atoms with Crippen molar-refractivity contribution >= 4 is 12.1 Å². The number of hydrogen-bond donors (Lipinski definition) is 5. The smallest absolute Gasteiger partial charge is 0.259 e. The number of nitrogens with one attached hydrogen (secondary N) is 1. The molecule has 0 aliphatic heterocycles. The van der Waals surface area contributed by atoms with Gasteiger partial charge in [0.1, 0.15) is 6.04 Å². The number of aromatic hydroxyl groups is 2. The predicted octanol–water partition coefficient (Wildman–Crippen LogP) is -1.12. The van der Waals surface area contributed by atoms with Crippen molar-refractivity contribution in [2.24, 2.45) is 10.8 Å². The molecule has 1 aromatic rings. The highest BCUT2D eigenvalue weighted by molar-refractivity contribution is 5.85. The molecule has 0 spiro atoms. The highest BCUT2D eigenvalue weighted by atomic mass is 16.5. The van der Waals surface area contributed by atoms with E-state index in [0.29, 0.717) is 5.56 Å². The average molecular weight is 269 g/mol. The number of hydrazone groups is 1. The van der Waals surface area contributed by atoms with Gasteiger partial charge in [-0.15, -0.1) is 0 Å². The molecule has 0 unspecified atom stereocenters. The summed E-state index contributed by atoms with van der Waals surface area (Å²) in [7, 11) is 1.33. The predicted molar refractivity (Wildman–Crippen MR) is 67.1 cm³/mol. The molecule has 0 aliphatic rings. The number of aliphatic hydroxyl groups is 1. The van der Waals surface area contributed by atoms with Crippen LogP contribution in [-0.2, 0) is 4.79 Å². The zero-order valence-corrected chi connectivity index (χ0v) is 10.2. The van der Waals surface area contributed by atoms with E-state index in [2.05, 4.69) is 10.5 Å². The molecule has 0 fully saturated rings. The number of phenols is 2. The minimum atomic E-state index is -1.06. The van der Waals surface area contributed by atoms with Crippen LogP contribution in [0.5, 0.6) is 17.2 Å². The van der Waals surface area contributed by atoms with E-state index in [0.717, 1.165) is 0 Å². The first-order valence-electron chi connectivity index (χ1n) is 5.29. The Morgan fingerprint density at radius 3 is 2.84 bits per heavy atom. The Morgan fingerprint density at radius 1 is 1.58 bits per heavy atom. The van der Waals surface area contributed by atoms with Crippen molar-refractivity contribution in [3.05, 3.63) is 17.7 Å². The van der Waals surface area contributed by atoms with E-state index in [1.165, 1.54) is 25.5 Å². The lowest BCUT2D eigenvalue weighted by molar-refractivity contribution is -0.123. The Balaban J connectivity index is 2.77. The molecule has 0 bridgehead atoms. The molecule has 0 radical (unpaired) electrons. The van der Waals surface area contributed by atoms with Crippen LogP contribution >= 0.6 is 0 Å². The number of nitrogens with zero attached hydrogens (tertiary/aromatic N) is 1. The van der Waals surface area contributed by atoms with Crippen LogP contribution in [0.3, 0.4) is 0 Å². The van der Waals surface area contributed by atoms with E-state index in [4.69, 9.17) is 15.6 Å². The van der Waals surface area contributed by atoms with Crippen molar-refractivity contribution in [2.45, 2.75) is 6.04 Å². The van der Waals surface area contributed by atoms with Gasteiger partial charge in [-0.1, -0.05) is 0 Å². The average Bonchev–Trinajstić information content (AvgIpc) is 2.41. The topological polar surface area (TPSA) is 137 Å². The maximum Gasteiger partial charge on any atom is 0.259 e. The van der Waals surface area contributed by atoms with Crippen LogP contribution in [0, 0.1) is 0 Å². The number of ether oxygens (including phenoxy) is 1. The van der Waals surface area contributed by atoms with Gasteiger partial charge in [-0.2, -0.15) is 5.10 Å². The van der Waals surface area contributed by atoms with Gasteiger partial charge in [-0.05, 0) is 12.1 Å². The molecule has 0 aromatic heterocycles. The van der Waals surface area contributed by atoms with Gasteiger partial charge in [-0.25, -0.2) is 5.43 Å². The van der Waals surface area contributed by atoms with Crippen LogP contribution in [0.2, 0.25) is 0 Å². The summed E-state index contributed by atoms with van der Waals surface area (Å²) >= 11 is 0. The quantitative estimate of drug-likeness (QED) is 0.261. The van der Waals surface area contributed by atoms with Gasteiger partial charge in [0.15, 0.2) is 11.5 Å². The molecule has 0 saturated heterocycles. The lowest BCUT2D eigenvalue weighted by atomic mass is 10.2. The minimum absolute atomic E-state index is 0.0693. The number of nitrogens with two attached hydrogens (primary N) is 1. The molecular weight excluding hydrogens is 254 g/mol. The largest absolute Gasteiger partial charge is 0.504 e. The summed E-state index contributed by atoms with van der Waals surface area (Å²) in [5, 5.41) is 31.1. The third-order valence-electron chi connectivity index (χ3n) is 2.22. The lowest BCUT2D eigenvalue weighted by Gasteiger charge is -2.07. The first-order chi connectivity index (χ1) is 8.99. The first-order valence-corrected chi connectivity index (χ1v) is 5.29. The number of carbonyl (C=O) groups is 1. The number of hydrogen-bond acceptors (Lipinski definition) is 7. The summed E-state index contributed by atoms with van der Waals surface area (Å²) in [6, 6.07) is 1.59. The van der Waals surface area contributed by atoms with Crippen molar-refractivity contribution in [1.29, 1.82) is 0 Å². The third-order valence-corrected chi connectivity index (χ3v) is 2.22. The molecule has 104 valence electrons. The summed E-state index contributed by atoms with van der Waals surface area (Å²) in [6.45, 7) is -0.491. The van der Waals surface area contributed by atoms with Gasteiger partial charge in [-0.3, -0.25) is 4.79 Å².